The predicted octanol–water partition coefficient (Wildman–Crippen LogP) is 3.66. The molecule has 2 N–H and O–H groups in total. The van der Waals surface area contributed by atoms with Crippen molar-refractivity contribution in [3.8, 4) is 5.75 Å². The van der Waals surface area contributed by atoms with Gasteiger partial charge in [-0.1, -0.05) is 24.3 Å². The summed E-state index contributed by atoms with van der Waals surface area (Å²) in [5.41, 5.74) is 2.16. The summed E-state index contributed by atoms with van der Waals surface area (Å²) in [4.78, 5) is 26.6. The second-order valence-electron chi connectivity index (χ2n) is 8.44. The Balaban J connectivity index is 1.39. The molecule has 0 saturated heterocycles. The van der Waals surface area contributed by atoms with Gasteiger partial charge in [-0.3, -0.25) is 14.3 Å². The number of hydrogen-bond acceptors (Lipinski definition) is 5. The highest BCUT2D eigenvalue weighted by atomic mass is 32.2. The lowest BCUT2D eigenvalue weighted by Crippen LogP contribution is -2.27. The van der Waals surface area contributed by atoms with Crippen molar-refractivity contribution < 1.29 is 22.7 Å². The number of rotatable bonds is 9. The van der Waals surface area contributed by atoms with E-state index in [2.05, 4.69) is 10.0 Å². The molecule has 3 aromatic carbocycles. The van der Waals surface area contributed by atoms with Crippen molar-refractivity contribution in [3.63, 3.8) is 0 Å². The first-order valence-electron chi connectivity index (χ1n) is 11.2. The number of carbonyl (C=O) groups excluding carboxylic acids is 2. The van der Waals surface area contributed by atoms with Gasteiger partial charge >= 0.3 is 0 Å². The minimum atomic E-state index is -3.86. The fourth-order valence-electron chi connectivity index (χ4n) is 3.53. The van der Waals surface area contributed by atoms with E-state index in [0.717, 1.165) is 18.4 Å². The molecule has 0 spiro atoms. The number of ether oxygens (including phenoxy) is 1. The number of amides is 2. The van der Waals surface area contributed by atoms with Gasteiger partial charge in [0.2, 0.25) is 0 Å². The smallest absolute Gasteiger partial charge is 0.262 e. The minimum absolute atomic E-state index is 0.0303. The summed E-state index contributed by atoms with van der Waals surface area (Å²) in [6.45, 7) is 0.346. The van der Waals surface area contributed by atoms with Crippen LogP contribution in [0.2, 0.25) is 0 Å². The van der Waals surface area contributed by atoms with Gasteiger partial charge in [0.25, 0.3) is 21.8 Å². The molecule has 1 fully saturated rings. The summed E-state index contributed by atoms with van der Waals surface area (Å²) in [7, 11) is -0.727. The van der Waals surface area contributed by atoms with Gasteiger partial charge in [0.15, 0.2) is 0 Å². The van der Waals surface area contributed by atoms with E-state index in [-0.39, 0.29) is 16.7 Å². The van der Waals surface area contributed by atoms with Crippen LogP contribution in [0.1, 0.15) is 39.1 Å². The first-order chi connectivity index (χ1) is 16.8. The van der Waals surface area contributed by atoms with Crippen LogP contribution in [-0.4, -0.2) is 45.3 Å². The Hall–Kier alpha value is -3.85. The van der Waals surface area contributed by atoms with E-state index in [0.29, 0.717) is 35.2 Å². The summed E-state index contributed by atoms with van der Waals surface area (Å²) >= 11 is 0. The molecule has 182 valence electrons. The second-order valence-corrected chi connectivity index (χ2v) is 10.1. The number of methoxy groups -OCH3 is 1. The Morgan fingerprint density at radius 3 is 2.20 bits per heavy atom. The highest BCUT2D eigenvalue weighted by Gasteiger charge is 2.24. The molecule has 4 rings (SSSR count). The van der Waals surface area contributed by atoms with E-state index in [9.17, 15) is 18.0 Å². The summed E-state index contributed by atoms with van der Waals surface area (Å²) in [5, 5.41) is 2.95. The van der Waals surface area contributed by atoms with Gasteiger partial charge in [-0.15, -0.1) is 0 Å². The van der Waals surface area contributed by atoms with Crippen LogP contribution < -0.4 is 14.8 Å². The quantitative estimate of drug-likeness (QED) is 0.473. The van der Waals surface area contributed by atoms with E-state index in [4.69, 9.17) is 4.74 Å². The normalized spacial score (nSPS) is 13.1. The molecule has 9 heteroatoms. The van der Waals surface area contributed by atoms with Crippen LogP contribution in [0.25, 0.3) is 0 Å². The van der Waals surface area contributed by atoms with Crippen molar-refractivity contribution in [1.82, 2.24) is 10.2 Å². The molecule has 1 aliphatic rings. The number of anilines is 1. The largest absolute Gasteiger partial charge is 0.495 e. The molecular formula is C26H27N3O5S. The van der Waals surface area contributed by atoms with Gasteiger partial charge in [-0.25, -0.2) is 8.42 Å². The van der Waals surface area contributed by atoms with Crippen molar-refractivity contribution >= 4 is 27.5 Å². The average molecular weight is 494 g/mol. The zero-order valence-electron chi connectivity index (χ0n) is 19.5. The Morgan fingerprint density at radius 2 is 1.57 bits per heavy atom. The van der Waals surface area contributed by atoms with Gasteiger partial charge in [-0.05, 0) is 66.9 Å². The number of sulfonamides is 1. The van der Waals surface area contributed by atoms with Crippen molar-refractivity contribution in [3.05, 3.63) is 89.5 Å². The molecule has 0 aromatic heterocycles. The Morgan fingerprint density at radius 1 is 0.943 bits per heavy atom. The molecule has 1 aliphatic carbocycles. The average Bonchev–Trinajstić information content (AvgIpc) is 3.68. The van der Waals surface area contributed by atoms with E-state index in [1.165, 1.54) is 36.3 Å². The predicted molar refractivity (Wildman–Crippen MR) is 133 cm³/mol. The number of benzene rings is 3. The minimum Gasteiger partial charge on any atom is -0.495 e. The van der Waals surface area contributed by atoms with Crippen LogP contribution in [-0.2, 0) is 16.6 Å². The zero-order chi connectivity index (χ0) is 25.0. The van der Waals surface area contributed by atoms with Crippen molar-refractivity contribution in [2.45, 2.75) is 30.3 Å². The van der Waals surface area contributed by atoms with Crippen LogP contribution in [0.5, 0.6) is 5.75 Å². The molecule has 2 amide bonds. The Kier molecular flexibility index (Phi) is 7.07. The Bertz CT molecular complexity index is 1320. The summed E-state index contributed by atoms with van der Waals surface area (Å²) in [6, 6.07) is 19.9. The number of carbonyl (C=O) groups is 2. The number of hydrogen-bond donors (Lipinski definition) is 2. The third-order valence-electron chi connectivity index (χ3n) is 5.66. The monoisotopic (exact) mass is 493 g/mol. The lowest BCUT2D eigenvalue weighted by Gasteiger charge is -2.18. The topological polar surface area (TPSA) is 105 Å². The fraction of sp³-hybridized carbons (Fsp3) is 0.231. The molecule has 35 heavy (non-hydrogen) atoms. The highest BCUT2D eigenvalue weighted by Crippen LogP contribution is 2.26. The van der Waals surface area contributed by atoms with Gasteiger partial charge in [0.1, 0.15) is 5.75 Å². The molecule has 8 nitrogen and oxygen atoms in total. The summed E-state index contributed by atoms with van der Waals surface area (Å²) < 4.78 is 33.2. The van der Waals surface area contributed by atoms with E-state index < -0.39 is 10.0 Å². The molecule has 0 aliphatic heterocycles. The first kappa shape index (κ1) is 24.3. The molecule has 0 unspecified atom stereocenters. The molecule has 0 atom stereocenters. The molecule has 1 saturated carbocycles. The van der Waals surface area contributed by atoms with Crippen LogP contribution in [0.3, 0.4) is 0 Å². The summed E-state index contributed by atoms with van der Waals surface area (Å²) in [6.07, 6.45) is 2.06. The molecule has 0 heterocycles. The molecule has 3 aromatic rings. The van der Waals surface area contributed by atoms with Crippen LogP contribution in [0.15, 0.2) is 77.7 Å². The number of nitrogens with zero attached hydrogens (tertiary/aromatic N) is 1. The van der Waals surface area contributed by atoms with Crippen molar-refractivity contribution in [2.24, 2.45) is 0 Å². The number of para-hydroxylation sites is 2. The molecule has 0 radical (unpaired) electrons. The van der Waals surface area contributed by atoms with E-state index in [1.54, 1.807) is 43.4 Å². The first-order valence-corrected chi connectivity index (χ1v) is 12.7. The van der Waals surface area contributed by atoms with E-state index in [1.807, 2.05) is 12.1 Å². The van der Waals surface area contributed by atoms with E-state index >= 15 is 0 Å². The summed E-state index contributed by atoms with van der Waals surface area (Å²) in [5.74, 6) is 0.0713. The number of nitrogens with one attached hydrogen (secondary N) is 2. The maximum absolute atomic E-state index is 12.9. The zero-order valence-corrected chi connectivity index (χ0v) is 20.3. The molecule has 0 bridgehead atoms. The third-order valence-corrected chi connectivity index (χ3v) is 7.04. The maximum atomic E-state index is 12.9. The lowest BCUT2D eigenvalue weighted by atomic mass is 10.1. The third kappa shape index (κ3) is 5.99. The Labute approximate surface area is 205 Å². The van der Waals surface area contributed by atoms with Crippen LogP contribution in [0.4, 0.5) is 5.69 Å². The van der Waals surface area contributed by atoms with Crippen LogP contribution in [0, 0.1) is 0 Å². The van der Waals surface area contributed by atoms with Gasteiger partial charge in [-0.2, -0.15) is 0 Å². The van der Waals surface area contributed by atoms with Gasteiger partial charge < -0.3 is 15.0 Å². The SMILES string of the molecule is COc1ccccc1NS(=O)(=O)c1ccc(C(=O)N(C)Cc2ccc(C(=O)NC3CC3)cc2)cc1. The maximum Gasteiger partial charge on any atom is 0.262 e. The van der Waals surface area contributed by atoms with Gasteiger partial charge in [0.05, 0.1) is 17.7 Å². The van der Waals surface area contributed by atoms with Crippen molar-refractivity contribution in [1.29, 1.82) is 0 Å². The lowest BCUT2D eigenvalue weighted by molar-refractivity contribution is 0.0784. The van der Waals surface area contributed by atoms with Crippen molar-refractivity contribution in [2.75, 3.05) is 18.9 Å². The second kappa shape index (κ2) is 10.2. The highest BCUT2D eigenvalue weighted by molar-refractivity contribution is 7.92. The fourth-order valence-corrected chi connectivity index (χ4v) is 4.60. The van der Waals surface area contributed by atoms with Gasteiger partial charge in [0, 0.05) is 30.8 Å². The standard InChI is InChI=1S/C26H27N3O5S/c1-29(17-18-7-9-19(10-8-18)25(30)27-21-13-14-21)26(31)20-11-15-22(16-12-20)35(32,33)28-23-5-3-4-6-24(23)34-2/h3-12,15-16,21,28H,13-14,17H2,1-2H3,(H,27,30). The molecular weight excluding hydrogens is 466 g/mol. The van der Waals surface area contributed by atoms with Crippen LogP contribution >= 0.6 is 0 Å².